The molecule has 1 heterocycles. The summed E-state index contributed by atoms with van der Waals surface area (Å²) in [5.74, 6) is 0.558. The number of nitrogens with one attached hydrogen (secondary N) is 1. The molecule has 0 bridgehead atoms. The second-order valence-electron chi connectivity index (χ2n) is 6.10. The van der Waals surface area contributed by atoms with E-state index in [1.165, 1.54) is 15.6 Å². The van der Waals surface area contributed by atoms with E-state index in [0.717, 1.165) is 11.1 Å². The lowest BCUT2D eigenvalue weighted by Gasteiger charge is -2.23. The number of nitrogens with zero attached hydrogens (tertiary/aromatic N) is 1. The highest BCUT2D eigenvalue weighted by atomic mass is 32.2. The molecule has 0 aliphatic heterocycles. The first-order valence-electron chi connectivity index (χ1n) is 8.29. The van der Waals surface area contributed by atoms with Crippen molar-refractivity contribution in [3.05, 3.63) is 46.7 Å². The van der Waals surface area contributed by atoms with Crippen LogP contribution in [-0.2, 0) is 21.2 Å². The fourth-order valence-electron chi connectivity index (χ4n) is 2.38. The van der Waals surface area contributed by atoms with Gasteiger partial charge in [0.2, 0.25) is 15.9 Å². The van der Waals surface area contributed by atoms with Gasteiger partial charge in [-0.3, -0.25) is 9.10 Å². The van der Waals surface area contributed by atoms with Gasteiger partial charge in [0, 0.05) is 11.4 Å². The largest absolute Gasteiger partial charge is 0.491 e. The molecule has 6 nitrogen and oxygen atoms in total. The molecule has 0 spiro atoms. The van der Waals surface area contributed by atoms with E-state index >= 15 is 0 Å². The number of carbonyl (C=O) groups excluding carboxylic acids is 1. The Morgan fingerprint density at radius 1 is 1.23 bits per heavy atom. The molecule has 1 aromatic carbocycles. The van der Waals surface area contributed by atoms with Crippen LogP contribution >= 0.6 is 11.3 Å². The van der Waals surface area contributed by atoms with Crippen molar-refractivity contribution in [3.8, 4) is 5.75 Å². The van der Waals surface area contributed by atoms with Crippen molar-refractivity contribution in [1.29, 1.82) is 0 Å². The Morgan fingerprint density at radius 2 is 1.92 bits per heavy atom. The molecule has 2 rings (SSSR count). The second kappa shape index (κ2) is 9.05. The minimum absolute atomic E-state index is 0.0467. The van der Waals surface area contributed by atoms with Gasteiger partial charge in [0.05, 0.1) is 31.0 Å². The average molecular weight is 397 g/mol. The Morgan fingerprint density at radius 3 is 2.46 bits per heavy atom. The van der Waals surface area contributed by atoms with Crippen LogP contribution in [0, 0.1) is 0 Å². The van der Waals surface area contributed by atoms with Gasteiger partial charge in [-0.1, -0.05) is 6.07 Å². The zero-order valence-electron chi connectivity index (χ0n) is 15.1. The minimum Gasteiger partial charge on any atom is -0.491 e. The van der Waals surface area contributed by atoms with Crippen LogP contribution in [0.3, 0.4) is 0 Å². The van der Waals surface area contributed by atoms with E-state index in [0.29, 0.717) is 17.9 Å². The van der Waals surface area contributed by atoms with Crippen LogP contribution in [0.4, 0.5) is 5.69 Å². The Bertz CT molecular complexity index is 800. The van der Waals surface area contributed by atoms with E-state index in [4.69, 9.17) is 4.74 Å². The summed E-state index contributed by atoms with van der Waals surface area (Å²) in [6.45, 7) is 4.26. The van der Waals surface area contributed by atoms with Gasteiger partial charge >= 0.3 is 0 Å². The van der Waals surface area contributed by atoms with Gasteiger partial charge in [-0.15, -0.1) is 11.3 Å². The van der Waals surface area contributed by atoms with E-state index in [-0.39, 0.29) is 25.1 Å². The monoisotopic (exact) mass is 396 g/mol. The van der Waals surface area contributed by atoms with Crippen molar-refractivity contribution < 1.29 is 17.9 Å². The van der Waals surface area contributed by atoms with Crippen LogP contribution in [0.25, 0.3) is 0 Å². The van der Waals surface area contributed by atoms with Crippen molar-refractivity contribution in [2.75, 3.05) is 23.7 Å². The maximum atomic E-state index is 12.1. The van der Waals surface area contributed by atoms with Crippen LogP contribution in [0.15, 0.2) is 41.8 Å². The molecule has 26 heavy (non-hydrogen) atoms. The summed E-state index contributed by atoms with van der Waals surface area (Å²) in [6, 6.07) is 10.7. The first-order chi connectivity index (χ1) is 12.3. The summed E-state index contributed by atoms with van der Waals surface area (Å²) in [6.07, 6.45) is 1.50. The molecule has 0 unspecified atom stereocenters. The number of rotatable bonds is 9. The first kappa shape index (κ1) is 20.3. The van der Waals surface area contributed by atoms with E-state index in [2.05, 4.69) is 5.32 Å². The van der Waals surface area contributed by atoms with Gasteiger partial charge in [0.25, 0.3) is 0 Å². The third-order valence-electron chi connectivity index (χ3n) is 3.45. The molecule has 2 aromatic rings. The molecule has 142 valence electrons. The van der Waals surface area contributed by atoms with Gasteiger partial charge in [-0.05, 0) is 49.6 Å². The molecule has 8 heteroatoms. The zero-order chi connectivity index (χ0) is 19.2. The summed E-state index contributed by atoms with van der Waals surface area (Å²) < 4.78 is 31.1. The Labute approximate surface area is 158 Å². The van der Waals surface area contributed by atoms with Gasteiger partial charge in [-0.2, -0.15) is 0 Å². The number of thiophene rings is 1. The number of benzene rings is 1. The number of amides is 1. The Kier molecular flexibility index (Phi) is 7.05. The molecule has 0 radical (unpaired) electrons. The highest BCUT2D eigenvalue weighted by molar-refractivity contribution is 7.92. The number of ether oxygens (including phenoxy) is 1. The maximum absolute atomic E-state index is 12.1. The number of anilines is 1. The van der Waals surface area contributed by atoms with Crippen molar-refractivity contribution in [3.63, 3.8) is 0 Å². The first-order valence-corrected chi connectivity index (χ1v) is 11.0. The Balaban J connectivity index is 1.96. The van der Waals surface area contributed by atoms with E-state index in [1.807, 2.05) is 31.4 Å². The van der Waals surface area contributed by atoms with Crippen molar-refractivity contribution in [2.24, 2.45) is 0 Å². The number of hydrogen-bond acceptors (Lipinski definition) is 5. The van der Waals surface area contributed by atoms with Crippen LogP contribution in [0.5, 0.6) is 5.75 Å². The van der Waals surface area contributed by atoms with E-state index in [1.54, 1.807) is 24.3 Å². The molecule has 0 saturated carbocycles. The summed E-state index contributed by atoms with van der Waals surface area (Å²) >= 11 is 1.52. The second-order valence-corrected chi connectivity index (χ2v) is 9.04. The number of hydrogen-bond donors (Lipinski definition) is 1. The van der Waals surface area contributed by atoms with E-state index in [9.17, 15) is 13.2 Å². The molecule has 1 aromatic heterocycles. The predicted molar refractivity (Wildman–Crippen MR) is 105 cm³/mol. The quantitative estimate of drug-likeness (QED) is 0.707. The average Bonchev–Trinajstić information content (AvgIpc) is 3.04. The predicted octanol–water partition coefficient (Wildman–Crippen LogP) is 2.66. The van der Waals surface area contributed by atoms with Gasteiger partial charge < -0.3 is 10.1 Å². The van der Waals surface area contributed by atoms with Crippen LogP contribution in [0.1, 0.15) is 18.7 Å². The smallest absolute Gasteiger partial charge is 0.232 e. The van der Waals surface area contributed by atoms with Gasteiger partial charge in [0.1, 0.15) is 5.75 Å². The molecule has 0 atom stereocenters. The van der Waals surface area contributed by atoms with Crippen LogP contribution in [0.2, 0.25) is 0 Å². The van der Waals surface area contributed by atoms with Crippen LogP contribution in [-0.4, -0.2) is 39.8 Å². The lowest BCUT2D eigenvalue weighted by Crippen LogP contribution is -2.38. The molecule has 0 saturated heterocycles. The highest BCUT2D eigenvalue weighted by Crippen LogP contribution is 2.22. The summed E-state index contributed by atoms with van der Waals surface area (Å²) in [4.78, 5) is 12.9. The van der Waals surface area contributed by atoms with Gasteiger partial charge in [-0.25, -0.2) is 8.42 Å². The lowest BCUT2D eigenvalue weighted by molar-refractivity contribution is -0.120. The lowest BCUT2D eigenvalue weighted by atomic mass is 10.3. The Hall–Kier alpha value is -2.06. The summed E-state index contributed by atoms with van der Waals surface area (Å²) in [5.41, 5.74) is 0.538. The minimum atomic E-state index is -3.46. The topological polar surface area (TPSA) is 75.7 Å². The van der Waals surface area contributed by atoms with Crippen molar-refractivity contribution in [1.82, 2.24) is 5.32 Å². The van der Waals surface area contributed by atoms with Crippen LogP contribution < -0.4 is 14.4 Å². The molecular formula is C18H24N2O4S2. The van der Waals surface area contributed by atoms with Crippen molar-refractivity contribution >= 4 is 33.0 Å². The van der Waals surface area contributed by atoms with Gasteiger partial charge in [0.15, 0.2) is 0 Å². The number of carbonyl (C=O) groups is 1. The summed E-state index contributed by atoms with van der Waals surface area (Å²) in [7, 11) is -3.46. The van der Waals surface area contributed by atoms with Crippen molar-refractivity contribution in [2.45, 2.75) is 26.4 Å². The SMILES string of the molecule is CC(C)Oc1ccc(N(CCNC(=O)Cc2cccs2)S(C)(=O)=O)cc1. The standard InChI is InChI=1S/C18H24N2O4S2/c1-14(2)24-16-8-6-15(7-9-16)20(26(3,22)23)11-10-19-18(21)13-17-5-4-12-25-17/h4-9,12,14H,10-11,13H2,1-3H3,(H,19,21). The maximum Gasteiger partial charge on any atom is 0.232 e. The third-order valence-corrected chi connectivity index (χ3v) is 5.52. The fourth-order valence-corrected chi connectivity index (χ4v) is 4.01. The molecule has 0 fully saturated rings. The normalized spacial score (nSPS) is 11.4. The highest BCUT2D eigenvalue weighted by Gasteiger charge is 2.17. The molecule has 1 amide bonds. The molecule has 0 aliphatic rings. The summed E-state index contributed by atoms with van der Waals surface area (Å²) in [5, 5.41) is 4.69. The number of sulfonamides is 1. The molecule has 1 N–H and O–H groups in total. The third kappa shape index (κ3) is 6.34. The molecular weight excluding hydrogens is 372 g/mol. The fraction of sp³-hybridized carbons (Fsp3) is 0.389. The van der Waals surface area contributed by atoms with E-state index < -0.39 is 10.0 Å². The molecule has 0 aliphatic carbocycles. The zero-order valence-corrected chi connectivity index (χ0v) is 16.8.